The Morgan fingerprint density at radius 1 is 1.14 bits per heavy atom. The molecule has 0 unspecified atom stereocenters. The van der Waals surface area contributed by atoms with Gasteiger partial charge in [0.05, 0.1) is 5.56 Å². The van der Waals surface area contributed by atoms with Crippen molar-refractivity contribution in [3.63, 3.8) is 0 Å². The van der Waals surface area contributed by atoms with E-state index in [1.54, 1.807) is 0 Å². The first kappa shape index (κ1) is 22.6. The number of hydrogen-bond donors (Lipinski definition) is 1. The average Bonchev–Trinajstić information content (AvgIpc) is 2.92. The van der Waals surface area contributed by atoms with Crippen molar-refractivity contribution in [2.45, 2.75) is 45.3 Å². The van der Waals surface area contributed by atoms with Gasteiger partial charge in [-0.2, -0.15) is 0 Å². The summed E-state index contributed by atoms with van der Waals surface area (Å²) in [5.74, 6) is -2.01. The number of H-pyrrole nitrogens is 1. The van der Waals surface area contributed by atoms with Crippen molar-refractivity contribution in [1.82, 2.24) is 9.55 Å². The molecule has 29 heavy (non-hydrogen) atoms. The lowest BCUT2D eigenvalue weighted by Gasteiger charge is -2.24. The van der Waals surface area contributed by atoms with Crippen molar-refractivity contribution in [2.75, 3.05) is 6.61 Å². The number of rotatable bonds is 6. The molecule has 0 amide bonds. The van der Waals surface area contributed by atoms with Crippen molar-refractivity contribution < 1.29 is 33.3 Å². The van der Waals surface area contributed by atoms with Crippen LogP contribution in [0.25, 0.3) is 6.08 Å². The molecule has 11 nitrogen and oxygen atoms in total. The van der Waals surface area contributed by atoms with Crippen LogP contribution in [0.2, 0.25) is 0 Å². The molecular formula is C17H19BrN2O9. The van der Waals surface area contributed by atoms with Crippen LogP contribution < -0.4 is 11.2 Å². The minimum Gasteiger partial charge on any atom is -0.463 e. The Balaban J connectivity index is 2.52. The van der Waals surface area contributed by atoms with Crippen molar-refractivity contribution >= 4 is 39.9 Å². The van der Waals surface area contributed by atoms with Gasteiger partial charge in [-0.3, -0.25) is 28.7 Å². The van der Waals surface area contributed by atoms with E-state index in [-0.39, 0.29) is 12.2 Å². The maximum Gasteiger partial charge on any atom is 0.330 e. The molecule has 2 rings (SSSR count). The van der Waals surface area contributed by atoms with Crippen LogP contribution in [0.3, 0.4) is 0 Å². The van der Waals surface area contributed by atoms with Gasteiger partial charge in [-0.05, 0) is 11.1 Å². The van der Waals surface area contributed by atoms with Crippen molar-refractivity contribution in [3.8, 4) is 0 Å². The molecule has 0 spiro atoms. The Hall–Kier alpha value is -2.73. The molecule has 1 aliphatic rings. The lowest BCUT2D eigenvalue weighted by atomic mass is 10.1. The van der Waals surface area contributed by atoms with Crippen LogP contribution >= 0.6 is 15.9 Å². The Morgan fingerprint density at radius 2 is 1.76 bits per heavy atom. The van der Waals surface area contributed by atoms with E-state index in [1.165, 1.54) is 24.2 Å². The quantitative estimate of drug-likeness (QED) is 0.452. The topological polar surface area (TPSA) is 143 Å². The minimum atomic E-state index is -1.25. The van der Waals surface area contributed by atoms with Crippen LogP contribution in [0.15, 0.2) is 20.8 Å². The lowest BCUT2D eigenvalue weighted by molar-refractivity contribution is -0.166. The number of aromatic amines is 1. The summed E-state index contributed by atoms with van der Waals surface area (Å²) in [6, 6.07) is 0. The highest BCUT2D eigenvalue weighted by Crippen LogP contribution is 2.33. The fraction of sp³-hybridized carbons (Fsp3) is 0.471. The average molecular weight is 475 g/mol. The van der Waals surface area contributed by atoms with Crippen molar-refractivity contribution in [3.05, 3.63) is 37.6 Å². The SMILES string of the molecule is CC(=O)OC[C@H]1O[C@@H](n2cc(/C=C\Br)c(=O)[nH]c2=O)[C@@H](OC(C)=O)[C@@H]1OC(C)=O. The molecule has 1 fully saturated rings. The first-order chi connectivity index (χ1) is 13.6. The predicted molar refractivity (Wildman–Crippen MR) is 101 cm³/mol. The largest absolute Gasteiger partial charge is 0.463 e. The van der Waals surface area contributed by atoms with E-state index in [1.807, 2.05) is 0 Å². The van der Waals surface area contributed by atoms with Crippen LogP contribution in [-0.2, 0) is 33.3 Å². The summed E-state index contributed by atoms with van der Waals surface area (Å²) in [4.78, 5) is 62.2. The number of esters is 3. The maximum absolute atomic E-state index is 12.4. The molecule has 4 atom stereocenters. The number of nitrogens with zero attached hydrogens (tertiary/aromatic N) is 1. The predicted octanol–water partition coefficient (Wildman–Crippen LogP) is 0.226. The van der Waals surface area contributed by atoms with E-state index in [4.69, 9.17) is 18.9 Å². The summed E-state index contributed by atoms with van der Waals surface area (Å²) < 4.78 is 22.2. The first-order valence-corrected chi connectivity index (χ1v) is 9.31. The summed E-state index contributed by atoms with van der Waals surface area (Å²) >= 11 is 3.04. The highest BCUT2D eigenvalue weighted by atomic mass is 79.9. The van der Waals surface area contributed by atoms with E-state index in [9.17, 15) is 24.0 Å². The molecule has 1 aromatic heterocycles. The number of hydrogen-bond acceptors (Lipinski definition) is 9. The summed E-state index contributed by atoms with van der Waals surface area (Å²) in [5, 5.41) is 0. The van der Waals surface area contributed by atoms with Gasteiger partial charge in [-0.25, -0.2) is 4.79 Å². The van der Waals surface area contributed by atoms with Gasteiger partial charge in [-0.15, -0.1) is 0 Å². The molecule has 0 aromatic carbocycles. The van der Waals surface area contributed by atoms with Crippen LogP contribution in [0, 0.1) is 0 Å². The number of carbonyl (C=O) groups excluding carboxylic acids is 3. The number of aromatic nitrogens is 2. The third-order valence-corrected chi connectivity index (χ3v) is 4.12. The third-order valence-electron chi connectivity index (χ3n) is 3.85. The van der Waals surface area contributed by atoms with Gasteiger partial charge in [0.1, 0.15) is 12.7 Å². The van der Waals surface area contributed by atoms with Crippen molar-refractivity contribution in [1.29, 1.82) is 0 Å². The molecule has 1 saturated heterocycles. The smallest absolute Gasteiger partial charge is 0.330 e. The number of carbonyl (C=O) groups is 3. The van der Waals surface area contributed by atoms with Gasteiger partial charge in [0, 0.05) is 27.0 Å². The summed E-state index contributed by atoms with van der Waals surface area (Å²) in [7, 11) is 0. The third kappa shape index (κ3) is 5.64. The highest BCUT2D eigenvalue weighted by Gasteiger charge is 2.51. The van der Waals surface area contributed by atoms with Crippen LogP contribution in [-0.4, -0.2) is 52.4 Å². The summed E-state index contributed by atoms with van der Waals surface area (Å²) in [6.07, 6.45) is -2.07. The van der Waals surface area contributed by atoms with Crippen LogP contribution in [0.1, 0.15) is 32.6 Å². The Bertz CT molecular complexity index is 936. The maximum atomic E-state index is 12.4. The molecule has 1 aliphatic heterocycles. The number of ether oxygens (including phenoxy) is 4. The van der Waals surface area contributed by atoms with Crippen LogP contribution in [0.5, 0.6) is 0 Å². The number of halogens is 1. The second-order valence-corrected chi connectivity index (χ2v) is 6.59. The summed E-state index contributed by atoms with van der Waals surface area (Å²) in [5.41, 5.74) is -1.37. The van der Waals surface area contributed by atoms with E-state index >= 15 is 0 Å². The number of nitrogens with one attached hydrogen (secondary N) is 1. The van der Waals surface area contributed by atoms with Gasteiger partial charge in [0.2, 0.25) is 0 Å². The zero-order valence-corrected chi connectivity index (χ0v) is 17.3. The second-order valence-electron chi connectivity index (χ2n) is 6.06. The molecule has 0 bridgehead atoms. The molecule has 158 valence electrons. The van der Waals surface area contributed by atoms with Gasteiger partial charge in [-0.1, -0.05) is 15.9 Å². The summed E-state index contributed by atoms with van der Waals surface area (Å²) in [6.45, 7) is 3.15. The Kier molecular flexibility index (Phi) is 7.51. The standard InChI is InChI=1S/C17H19BrN2O9/c1-8(21)26-7-12-13(27-9(2)22)14(28-10(3)23)16(29-12)20-6-11(4-5-18)15(24)19-17(20)25/h4-6,12-14,16H,7H2,1-3H3,(H,19,24,25)/b5-4-/t12-,13-,14+,16-/m1/s1. The zero-order chi connectivity index (χ0) is 21.7. The minimum absolute atomic E-state index is 0.110. The second kappa shape index (κ2) is 9.65. The fourth-order valence-corrected chi connectivity index (χ4v) is 3.08. The van der Waals surface area contributed by atoms with E-state index in [0.29, 0.717) is 0 Å². The van der Waals surface area contributed by atoms with E-state index in [0.717, 1.165) is 18.4 Å². The normalized spacial score (nSPS) is 23.7. The molecule has 0 aliphatic carbocycles. The molecule has 1 aromatic rings. The van der Waals surface area contributed by atoms with Gasteiger partial charge in [0.15, 0.2) is 18.4 Å². The molecular weight excluding hydrogens is 456 g/mol. The molecule has 12 heteroatoms. The molecule has 0 radical (unpaired) electrons. The Morgan fingerprint density at radius 3 is 2.31 bits per heavy atom. The highest BCUT2D eigenvalue weighted by molar-refractivity contribution is 9.11. The zero-order valence-electron chi connectivity index (χ0n) is 15.7. The molecule has 1 N–H and O–H groups in total. The van der Waals surface area contributed by atoms with Crippen molar-refractivity contribution in [2.24, 2.45) is 0 Å². The molecule has 2 heterocycles. The lowest BCUT2D eigenvalue weighted by Crippen LogP contribution is -2.42. The first-order valence-electron chi connectivity index (χ1n) is 8.39. The van der Waals surface area contributed by atoms with E-state index in [2.05, 4.69) is 20.9 Å². The van der Waals surface area contributed by atoms with Gasteiger partial charge >= 0.3 is 23.6 Å². The monoisotopic (exact) mass is 474 g/mol. The fourth-order valence-electron chi connectivity index (χ4n) is 2.79. The Labute approximate surface area is 172 Å². The van der Waals surface area contributed by atoms with Gasteiger partial charge < -0.3 is 18.9 Å². The van der Waals surface area contributed by atoms with E-state index < -0.39 is 53.7 Å². The molecule has 0 saturated carbocycles. The van der Waals surface area contributed by atoms with Crippen LogP contribution in [0.4, 0.5) is 0 Å². The van der Waals surface area contributed by atoms with Gasteiger partial charge in [0.25, 0.3) is 5.56 Å².